The lowest BCUT2D eigenvalue weighted by atomic mass is 9.95. The van der Waals surface area contributed by atoms with E-state index in [1.54, 1.807) is 41.9 Å². The minimum atomic E-state index is -0.857. The molecule has 0 spiro atoms. The molecule has 1 aliphatic heterocycles. The quantitative estimate of drug-likeness (QED) is 0.136. The van der Waals surface area contributed by atoms with Crippen molar-refractivity contribution in [1.29, 1.82) is 0 Å². The number of hydrogen-bond donors (Lipinski definition) is 0. The predicted molar refractivity (Wildman–Crippen MR) is 187 cm³/mol. The number of aromatic nitrogens is 3. The first-order valence-electron chi connectivity index (χ1n) is 15.7. The zero-order valence-corrected chi connectivity index (χ0v) is 28.1. The molecule has 6 rings (SSSR count). The smallest absolute Gasteiger partial charge is 0.338 e. The van der Waals surface area contributed by atoms with Crippen molar-refractivity contribution in [2.24, 2.45) is 4.99 Å². The van der Waals surface area contributed by atoms with Gasteiger partial charge in [0.05, 0.1) is 46.8 Å². The number of fused-ring (bicyclic) bond motifs is 1. The summed E-state index contributed by atoms with van der Waals surface area (Å²) in [4.78, 5) is 45.0. The highest BCUT2D eigenvalue weighted by Gasteiger charge is 2.33. The maximum absolute atomic E-state index is 14.4. The van der Waals surface area contributed by atoms with E-state index >= 15 is 0 Å². The van der Waals surface area contributed by atoms with Gasteiger partial charge < -0.3 is 14.2 Å². The monoisotopic (exact) mass is 674 g/mol. The van der Waals surface area contributed by atoms with Crippen LogP contribution in [0, 0.1) is 0 Å². The molecule has 0 radical (unpaired) electrons. The second kappa shape index (κ2) is 14.5. The summed E-state index contributed by atoms with van der Waals surface area (Å²) in [5.41, 5.74) is 4.35. The first-order chi connectivity index (χ1) is 23.8. The van der Waals surface area contributed by atoms with Gasteiger partial charge in [0.2, 0.25) is 0 Å². The average molecular weight is 675 g/mol. The number of methoxy groups -OCH3 is 1. The van der Waals surface area contributed by atoms with Crippen molar-refractivity contribution in [2.75, 3.05) is 20.3 Å². The Hall–Kier alpha value is -5.81. The molecule has 248 valence electrons. The molecule has 0 bridgehead atoms. The zero-order valence-electron chi connectivity index (χ0n) is 27.3. The van der Waals surface area contributed by atoms with Gasteiger partial charge in [0.1, 0.15) is 18.1 Å². The molecule has 1 atom stereocenters. The first kappa shape index (κ1) is 33.1. The number of hydrogen-bond acceptors (Lipinski definition) is 9. The summed E-state index contributed by atoms with van der Waals surface area (Å²) in [6.07, 6.45) is 6.07. The summed E-state index contributed by atoms with van der Waals surface area (Å²) in [7, 11) is 1.31. The molecule has 2 aromatic heterocycles. The summed E-state index contributed by atoms with van der Waals surface area (Å²) in [5.74, 6) is -0.349. The lowest BCUT2D eigenvalue weighted by molar-refractivity contribution is -0.138. The van der Waals surface area contributed by atoms with E-state index in [0.29, 0.717) is 38.5 Å². The van der Waals surface area contributed by atoms with Crippen molar-refractivity contribution in [3.63, 3.8) is 0 Å². The molecule has 0 amide bonds. The van der Waals surface area contributed by atoms with Crippen molar-refractivity contribution >= 4 is 29.4 Å². The number of para-hydroxylation sites is 1. The van der Waals surface area contributed by atoms with Gasteiger partial charge in [-0.15, -0.1) is 0 Å². The Labute approximate surface area is 286 Å². The second-order valence-corrected chi connectivity index (χ2v) is 12.2. The minimum Gasteiger partial charge on any atom is -0.494 e. The minimum absolute atomic E-state index is 0.00603. The summed E-state index contributed by atoms with van der Waals surface area (Å²) in [6, 6.07) is 23.2. The maximum Gasteiger partial charge on any atom is 0.338 e. The van der Waals surface area contributed by atoms with Crippen LogP contribution in [-0.2, 0) is 14.3 Å². The number of rotatable bonds is 11. The summed E-state index contributed by atoms with van der Waals surface area (Å²) >= 11 is 1.22. The normalized spacial score (nSPS) is 14.2. The fourth-order valence-corrected chi connectivity index (χ4v) is 6.57. The zero-order chi connectivity index (χ0) is 34.5. The Morgan fingerprint density at radius 2 is 1.73 bits per heavy atom. The molecule has 0 saturated carbocycles. The number of esters is 2. The molecule has 49 heavy (non-hydrogen) atoms. The molecule has 10 nitrogen and oxygen atoms in total. The van der Waals surface area contributed by atoms with Gasteiger partial charge in [0.25, 0.3) is 5.56 Å². The Morgan fingerprint density at radius 1 is 1.00 bits per heavy atom. The van der Waals surface area contributed by atoms with Crippen molar-refractivity contribution in [3.8, 4) is 22.7 Å². The van der Waals surface area contributed by atoms with Crippen LogP contribution < -0.4 is 19.6 Å². The number of allylic oxidation sites excluding steroid dienone is 1. The van der Waals surface area contributed by atoms with E-state index in [1.165, 1.54) is 29.1 Å². The third-order valence-electron chi connectivity index (χ3n) is 7.87. The third kappa shape index (κ3) is 6.79. The van der Waals surface area contributed by atoms with E-state index in [9.17, 15) is 14.4 Å². The highest BCUT2D eigenvalue weighted by atomic mass is 32.1. The van der Waals surface area contributed by atoms with Crippen molar-refractivity contribution in [1.82, 2.24) is 14.3 Å². The largest absolute Gasteiger partial charge is 0.494 e. The Balaban J connectivity index is 1.51. The lowest BCUT2D eigenvalue weighted by Crippen LogP contribution is -2.40. The first-order valence-corrected chi connectivity index (χ1v) is 16.5. The molecule has 0 fully saturated rings. The van der Waals surface area contributed by atoms with Crippen LogP contribution in [0.3, 0.4) is 0 Å². The molecule has 11 heteroatoms. The van der Waals surface area contributed by atoms with Crippen molar-refractivity contribution < 1.29 is 23.8 Å². The standard InChI is InChI=1S/C38H34N4O6S/c1-5-20-47-30-18-16-25(17-19-30)33-28(23-41(40-33)29-10-8-7-9-11-29)22-31-35(43)42-34(26-12-14-27(15-13-26)36(44)46-4)32(37(45)48-21-6-2)24(3)39-38(42)49-31/h6-19,22-23,34H,2,5,20-21H2,1,3-4H3. The molecule has 0 saturated heterocycles. The molecule has 0 N–H and O–H groups in total. The van der Waals surface area contributed by atoms with Crippen LogP contribution in [0.25, 0.3) is 23.0 Å². The summed E-state index contributed by atoms with van der Waals surface area (Å²) in [5, 5.41) is 4.92. The van der Waals surface area contributed by atoms with Crippen LogP contribution in [0.5, 0.6) is 5.75 Å². The lowest BCUT2D eigenvalue weighted by Gasteiger charge is -2.24. The molecule has 3 aromatic carbocycles. The molecule has 5 aromatic rings. The van der Waals surface area contributed by atoms with E-state index in [1.807, 2.05) is 60.8 Å². The van der Waals surface area contributed by atoms with Gasteiger partial charge in [-0.25, -0.2) is 19.3 Å². The Morgan fingerprint density at radius 3 is 2.41 bits per heavy atom. The van der Waals surface area contributed by atoms with Gasteiger partial charge in [-0.1, -0.05) is 61.2 Å². The van der Waals surface area contributed by atoms with Crippen LogP contribution in [0.1, 0.15) is 47.8 Å². The van der Waals surface area contributed by atoms with Crippen LogP contribution in [0.4, 0.5) is 0 Å². The Bertz CT molecular complexity index is 2230. The number of carbonyl (C=O) groups is 2. The van der Waals surface area contributed by atoms with Gasteiger partial charge >= 0.3 is 11.9 Å². The highest BCUT2D eigenvalue weighted by Crippen LogP contribution is 2.31. The molecule has 1 aliphatic rings. The van der Waals surface area contributed by atoms with Crippen LogP contribution >= 0.6 is 11.3 Å². The van der Waals surface area contributed by atoms with Crippen molar-refractivity contribution in [2.45, 2.75) is 26.3 Å². The topological polar surface area (TPSA) is 114 Å². The fraction of sp³-hybridized carbons (Fsp3) is 0.184. The molecular weight excluding hydrogens is 641 g/mol. The third-order valence-corrected chi connectivity index (χ3v) is 8.85. The van der Waals surface area contributed by atoms with E-state index in [2.05, 4.69) is 18.5 Å². The number of benzene rings is 3. The van der Waals surface area contributed by atoms with Gasteiger partial charge in [0.15, 0.2) is 4.80 Å². The highest BCUT2D eigenvalue weighted by molar-refractivity contribution is 7.07. The number of carbonyl (C=O) groups excluding carboxylic acids is 2. The number of nitrogens with zero attached hydrogens (tertiary/aromatic N) is 4. The van der Waals surface area contributed by atoms with Gasteiger partial charge in [-0.05, 0) is 73.5 Å². The van der Waals surface area contributed by atoms with Crippen molar-refractivity contribution in [3.05, 3.63) is 145 Å². The van der Waals surface area contributed by atoms with Gasteiger partial charge in [-0.3, -0.25) is 9.36 Å². The fourth-order valence-electron chi connectivity index (χ4n) is 5.53. The average Bonchev–Trinajstić information content (AvgIpc) is 3.69. The van der Waals surface area contributed by atoms with Crippen LogP contribution in [0.2, 0.25) is 0 Å². The number of ether oxygens (including phenoxy) is 3. The van der Waals surface area contributed by atoms with Crippen LogP contribution in [-0.4, -0.2) is 46.6 Å². The second-order valence-electron chi connectivity index (χ2n) is 11.2. The van der Waals surface area contributed by atoms with E-state index < -0.39 is 18.0 Å². The van der Waals surface area contributed by atoms with E-state index in [0.717, 1.165) is 29.0 Å². The van der Waals surface area contributed by atoms with Crippen LogP contribution in [0.15, 0.2) is 119 Å². The predicted octanol–water partition coefficient (Wildman–Crippen LogP) is 5.39. The number of thiazole rings is 1. The van der Waals surface area contributed by atoms with Gasteiger partial charge in [-0.2, -0.15) is 5.10 Å². The molecule has 3 heterocycles. The molecule has 1 unspecified atom stereocenters. The summed E-state index contributed by atoms with van der Waals surface area (Å²) in [6.45, 7) is 8.02. The van der Waals surface area contributed by atoms with E-state index in [4.69, 9.17) is 19.3 Å². The summed E-state index contributed by atoms with van der Waals surface area (Å²) < 4.78 is 19.8. The maximum atomic E-state index is 14.4. The molecule has 0 aliphatic carbocycles. The van der Waals surface area contributed by atoms with E-state index in [-0.39, 0.29) is 17.7 Å². The molecular formula is C38H34N4O6S. The van der Waals surface area contributed by atoms with Gasteiger partial charge in [0, 0.05) is 17.3 Å². The SMILES string of the molecule is C=CCOC(=O)C1=C(C)N=c2sc(=Cc3cn(-c4ccccc4)nc3-c3ccc(OCCC)cc3)c(=O)n2C1c1ccc(C(=O)OC)cc1. The Kier molecular flexibility index (Phi) is 9.82.